The Balaban J connectivity index is 1.74. The molecule has 0 spiro atoms. The van der Waals surface area contributed by atoms with Crippen LogP contribution in [0.3, 0.4) is 0 Å². The molecule has 2 heterocycles. The van der Waals surface area contributed by atoms with E-state index < -0.39 is 0 Å². The molecule has 2 aromatic carbocycles. The van der Waals surface area contributed by atoms with Crippen molar-refractivity contribution in [3.63, 3.8) is 0 Å². The molecule has 1 aliphatic heterocycles. The fourth-order valence-electron chi connectivity index (χ4n) is 3.34. The topological polar surface area (TPSA) is 52.0 Å². The van der Waals surface area contributed by atoms with Gasteiger partial charge in [0.05, 0.1) is 18.7 Å². The molecule has 25 heavy (non-hydrogen) atoms. The predicted molar refractivity (Wildman–Crippen MR) is 101 cm³/mol. The molecule has 6 heteroatoms. The lowest BCUT2D eigenvalue weighted by Crippen LogP contribution is -2.28. The van der Waals surface area contributed by atoms with Gasteiger partial charge in [0.25, 0.3) is 0 Å². The third-order valence-corrected chi connectivity index (χ3v) is 5.01. The van der Waals surface area contributed by atoms with Crippen molar-refractivity contribution in [1.82, 2.24) is 14.8 Å². The van der Waals surface area contributed by atoms with Crippen LogP contribution < -0.4 is 10.1 Å². The fraction of sp³-hybridized carbons (Fsp3) is 0.263. The van der Waals surface area contributed by atoms with Gasteiger partial charge in [0.1, 0.15) is 12.1 Å². The Morgan fingerprint density at radius 1 is 1.20 bits per heavy atom. The smallest absolute Gasteiger partial charge is 0.222 e. The lowest BCUT2D eigenvalue weighted by Gasteiger charge is -2.32. The summed E-state index contributed by atoms with van der Waals surface area (Å²) in [6, 6.07) is 16.9. The van der Waals surface area contributed by atoms with Gasteiger partial charge in [0.2, 0.25) is 5.95 Å². The summed E-state index contributed by atoms with van der Waals surface area (Å²) in [5, 5.41) is 7.94. The van der Waals surface area contributed by atoms with Gasteiger partial charge in [-0.15, -0.1) is 0 Å². The third kappa shape index (κ3) is 3.14. The van der Waals surface area contributed by atoms with Crippen molar-refractivity contribution < 1.29 is 4.74 Å². The summed E-state index contributed by atoms with van der Waals surface area (Å²) in [5.74, 6) is 1.70. The van der Waals surface area contributed by atoms with Crippen molar-refractivity contribution in [2.24, 2.45) is 0 Å². The number of nitrogens with one attached hydrogen (secondary N) is 1. The lowest BCUT2D eigenvalue weighted by atomic mass is 9.93. The monoisotopic (exact) mass is 398 g/mol. The number of hydrogen-bond acceptors (Lipinski definition) is 4. The van der Waals surface area contributed by atoms with Crippen LogP contribution in [0.1, 0.15) is 36.6 Å². The Labute approximate surface area is 155 Å². The molecule has 0 radical (unpaired) electrons. The summed E-state index contributed by atoms with van der Waals surface area (Å²) in [6.45, 7) is 2.65. The van der Waals surface area contributed by atoms with Crippen molar-refractivity contribution in [3.05, 3.63) is 70.5 Å². The molecule has 0 aliphatic carbocycles. The molecule has 0 bridgehead atoms. The number of anilines is 1. The maximum Gasteiger partial charge on any atom is 0.222 e. The van der Waals surface area contributed by atoms with Crippen LogP contribution in [-0.4, -0.2) is 21.4 Å². The van der Waals surface area contributed by atoms with Crippen LogP contribution >= 0.6 is 15.9 Å². The van der Waals surface area contributed by atoms with Crippen LogP contribution in [0.25, 0.3) is 0 Å². The Morgan fingerprint density at radius 2 is 2.00 bits per heavy atom. The van der Waals surface area contributed by atoms with Crippen LogP contribution in [-0.2, 0) is 0 Å². The number of para-hydroxylation sites is 1. The van der Waals surface area contributed by atoms with E-state index >= 15 is 0 Å². The molecule has 0 amide bonds. The third-order valence-electron chi connectivity index (χ3n) is 4.48. The molecule has 1 aromatic heterocycles. The van der Waals surface area contributed by atoms with Crippen molar-refractivity contribution >= 4 is 21.9 Å². The number of benzene rings is 2. The van der Waals surface area contributed by atoms with Gasteiger partial charge < -0.3 is 10.1 Å². The van der Waals surface area contributed by atoms with Gasteiger partial charge in [0, 0.05) is 10.0 Å². The molecule has 4 rings (SSSR count). The van der Waals surface area contributed by atoms with E-state index in [9.17, 15) is 0 Å². The Kier molecular flexibility index (Phi) is 4.44. The summed E-state index contributed by atoms with van der Waals surface area (Å²) in [7, 11) is 0. The molecule has 0 unspecified atom stereocenters. The van der Waals surface area contributed by atoms with E-state index in [1.54, 1.807) is 6.33 Å². The summed E-state index contributed by atoms with van der Waals surface area (Å²) in [4.78, 5) is 4.39. The minimum atomic E-state index is 0.0788. The zero-order valence-electron chi connectivity index (χ0n) is 13.9. The van der Waals surface area contributed by atoms with Gasteiger partial charge in [-0.05, 0) is 37.1 Å². The quantitative estimate of drug-likeness (QED) is 0.698. The van der Waals surface area contributed by atoms with E-state index in [1.807, 2.05) is 29.8 Å². The van der Waals surface area contributed by atoms with Crippen LogP contribution in [0, 0.1) is 0 Å². The molecule has 5 nitrogen and oxygen atoms in total. The number of halogens is 1. The Morgan fingerprint density at radius 3 is 2.80 bits per heavy atom. The van der Waals surface area contributed by atoms with Crippen LogP contribution in [0.2, 0.25) is 0 Å². The maximum absolute atomic E-state index is 5.85. The maximum atomic E-state index is 5.85. The molecular weight excluding hydrogens is 380 g/mol. The normalized spacial score (nSPS) is 19.1. The van der Waals surface area contributed by atoms with Crippen molar-refractivity contribution in [2.75, 3.05) is 11.9 Å². The highest BCUT2D eigenvalue weighted by molar-refractivity contribution is 9.10. The molecule has 128 valence electrons. The first-order valence-electron chi connectivity index (χ1n) is 8.39. The van der Waals surface area contributed by atoms with Crippen LogP contribution in [0.5, 0.6) is 5.75 Å². The molecule has 0 saturated heterocycles. The average molecular weight is 399 g/mol. The molecule has 0 saturated carbocycles. The fourth-order valence-corrected chi connectivity index (χ4v) is 3.60. The van der Waals surface area contributed by atoms with E-state index in [-0.39, 0.29) is 12.1 Å². The van der Waals surface area contributed by atoms with Crippen molar-refractivity contribution in [2.45, 2.75) is 25.4 Å². The van der Waals surface area contributed by atoms with Crippen LogP contribution in [0.4, 0.5) is 5.95 Å². The first-order valence-corrected chi connectivity index (χ1v) is 9.18. The standard InChI is InChI=1S/C19H19BrN4O/c1-2-25-18-6-4-3-5-15(18)17-11-16(13-7-9-14(20)10-8-13)23-19-21-12-22-24(17)19/h3-10,12,16-17H,2,11H2,1H3,(H,21,22,23)/t16-,17-/m0/s1. The average Bonchev–Trinajstić information content (AvgIpc) is 3.11. The molecule has 0 fully saturated rings. The molecule has 2 atom stereocenters. The van der Waals surface area contributed by atoms with E-state index in [0.29, 0.717) is 6.61 Å². The summed E-state index contributed by atoms with van der Waals surface area (Å²) >= 11 is 3.50. The summed E-state index contributed by atoms with van der Waals surface area (Å²) in [5.41, 5.74) is 2.37. The minimum absolute atomic E-state index is 0.0788. The SMILES string of the molecule is CCOc1ccccc1[C@@H]1C[C@@H](c2ccc(Br)cc2)Nc2ncnn21. The van der Waals surface area contributed by atoms with E-state index in [0.717, 1.165) is 28.2 Å². The van der Waals surface area contributed by atoms with Gasteiger partial charge in [0.15, 0.2) is 0 Å². The zero-order chi connectivity index (χ0) is 17.2. The first-order chi connectivity index (χ1) is 12.3. The molecular formula is C19H19BrN4O. The Bertz CT molecular complexity index is 862. The number of fused-ring (bicyclic) bond motifs is 1. The van der Waals surface area contributed by atoms with E-state index in [1.165, 1.54) is 5.56 Å². The number of aromatic nitrogens is 3. The van der Waals surface area contributed by atoms with E-state index in [4.69, 9.17) is 4.74 Å². The highest BCUT2D eigenvalue weighted by Crippen LogP contribution is 2.40. The van der Waals surface area contributed by atoms with Gasteiger partial charge in [-0.3, -0.25) is 0 Å². The van der Waals surface area contributed by atoms with Gasteiger partial charge in [-0.25, -0.2) is 4.68 Å². The second-order valence-electron chi connectivity index (χ2n) is 6.00. The van der Waals surface area contributed by atoms with Crippen molar-refractivity contribution in [3.8, 4) is 5.75 Å². The lowest BCUT2D eigenvalue weighted by molar-refractivity contribution is 0.325. The largest absolute Gasteiger partial charge is 0.494 e. The van der Waals surface area contributed by atoms with Crippen LogP contribution in [0.15, 0.2) is 59.3 Å². The summed E-state index contributed by atoms with van der Waals surface area (Å²) in [6.07, 6.45) is 2.48. The number of nitrogens with zero attached hydrogens (tertiary/aromatic N) is 3. The van der Waals surface area contributed by atoms with Gasteiger partial charge in [-0.2, -0.15) is 10.1 Å². The first kappa shape index (κ1) is 16.1. The van der Waals surface area contributed by atoms with Crippen molar-refractivity contribution in [1.29, 1.82) is 0 Å². The molecule has 3 aromatic rings. The molecule has 1 N–H and O–H groups in total. The summed E-state index contributed by atoms with van der Waals surface area (Å²) < 4.78 is 8.88. The predicted octanol–water partition coefficient (Wildman–Crippen LogP) is 4.59. The highest BCUT2D eigenvalue weighted by atomic mass is 79.9. The second kappa shape index (κ2) is 6.88. The number of ether oxygens (including phenoxy) is 1. The van der Waals surface area contributed by atoms with Gasteiger partial charge in [-0.1, -0.05) is 46.3 Å². The zero-order valence-corrected chi connectivity index (χ0v) is 15.5. The minimum Gasteiger partial charge on any atom is -0.494 e. The second-order valence-corrected chi connectivity index (χ2v) is 6.91. The Hall–Kier alpha value is -2.34. The number of hydrogen-bond donors (Lipinski definition) is 1. The van der Waals surface area contributed by atoms with Gasteiger partial charge >= 0.3 is 0 Å². The highest BCUT2D eigenvalue weighted by Gasteiger charge is 2.31. The molecule has 1 aliphatic rings. The number of rotatable bonds is 4. The van der Waals surface area contributed by atoms with E-state index in [2.05, 4.69) is 61.7 Å².